The number of rotatable bonds is 4. The topological polar surface area (TPSA) is 18.5 Å². The van der Waals surface area contributed by atoms with Gasteiger partial charge in [-0.3, -0.25) is 0 Å². The van der Waals surface area contributed by atoms with Gasteiger partial charge in [-0.25, -0.2) is 0 Å². The Morgan fingerprint density at radius 2 is 2.00 bits per heavy atom. The summed E-state index contributed by atoms with van der Waals surface area (Å²) in [5.74, 6) is 0. The summed E-state index contributed by atoms with van der Waals surface area (Å²) in [6.07, 6.45) is 0.134. The number of thiocarbonyl (C=S) groups is 1. The lowest BCUT2D eigenvalue weighted by Gasteiger charge is -2.06. The van der Waals surface area contributed by atoms with Gasteiger partial charge >= 0.3 is 0 Å². The molecule has 0 bridgehead atoms. The third-order valence-electron chi connectivity index (χ3n) is 0.801. The average molecular weight is 164 g/mol. The summed E-state index contributed by atoms with van der Waals surface area (Å²) in [7, 11) is 1.64. The van der Waals surface area contributed by atoms with Gasteiger partial charge in [0.2, 0.25) is 0 Å². The van der Waals surface area contributed by atoms with Crippen molar-refractivity contribution in [3.63, 3.8) is 0 Å². The lowest BCUT2D eigenvalue weighted by atomic mass is 10.4. The molecular formula is C7H16O2S. The van der Waals surface area contributed by atoms with Crippen molar-refractivity contribution in [2.24, 2.45) is 0 Å². The molecule has 0 aliphatic rings. The highest BCUT2D eigenvalue weighted by Crippen LogP contribution is 1.85. The molecule has 0 fully saturated rings. The van der Waals surface area contributed by atoms with Crippen LogP contribution in [0.5, 0.6) is 0 Å². The summed E-state index contributed by atoms with van der Waals surface area (Å²) >= 11 is 4.42. The third-order valence-corrected chi connectivity index (χ3v) is 0.937. The minimum Gasteiger partial charge on any atom is -0.487 e. The van der Waals surface area contributed by atoms with Crippen LogP contribution in [0.15, 0.2) is 0 Å². The van der Waals surface area contributed by atoms with Crippen LogP contribution >= 0.6 is 12.2 Å². The van der Waals surface area contributed by atoms with Gasteiger partial charge in [0, 0.05) is 7.11 Å². The van der Waals surface area contributed by atoms with Gasteiger partial charge in [0.1, 0.15) is 12.2 Å². The van der Waals surface area contributed by atoms with Crippen LogP contribution in [0.2, 0.25) is 0 Å². The summed E-state index contributed by atoms with van der Waals surface area (Å²) < 4.78 is 9.61. The molecule has 0 aromatic heterocycles. The molecule has 0 spiro atoms. The van der Waals surface area contributed by atoms with Crippen LogP contribution in [0.3, 0.4) is 0 Å². The van der Waals surface area contributed by atoms with E-state index in [0.717, 1.165) is 0 Å². The highest BCUT2D eigenvalue weighted by Gasteiger charge is 1.94. The van der Waals surface area contributed by atoms with Crippen LogP contribution in [-0.4, -0.2) is 25.4 Å². The molecule has 0 saturated carbocycles. The molecule has 0 aromatic carbocycles. The molecule has 0 amide bonds. The van der Waals surface area contributed by atoms with E-state index in [-0.39, 0.29) is 6.10 Å². The Balaban J connectivity index is 0. The maximum Gasteiger partial charge on any atom is 0.146 e. The van der Waals surface area contributed by atoms with E-state index in [0.29, 0.717) is 6.61 Å². The molecule has 0 rings (SSSR count). The number of ether oxygens (including phenoxy) is 2. The van der Waals surface area contributed by atoms with Crippen LogP contribution in [-0.2, 0) is 9.47 Å². The Hall–Kier alpha value is -0.150. The Labute approximate surface area is 68.5 Å². The highest BCUT2D eigenvalue weighted by atomic mass is 32.1. The fourth-order valence-corrected chi connectivity index (χ4v) is 0.321. The first kappa shape index (κ1) is 12.5. The van der Waals surface area contributed by atoms with Gasteiger partial charge in [-0.1, -0.05) is 13.8 Å². The molecule has 0 saturated heterocycles. The molecule has 1 unspecified atom stereocenters. The summed E-state index contributed by atoms with van der Waals surface area (Å²) in [6.45, 7) is 6.46. The fourth-order valence-electron chi connectivity index (χ4n) is 0.243. The summed E-state index contributed by atoms with van der Waals surface area (Å²) in [5, 5.41) is 0. The van der Waals surface area contributed by atoms with Crippen molar-refractivity contribution in [3.05, 3.63) is 0 Å². The molecule has 62 valence electrons. The van der Waals surface area contributed by atoms with Crippen LogP contribution < -0.4 is 0 Å². The van der Waals surface area contributed by atoms with E-state index in [1.54, 1.807) is 7.11 Å². The molecule has 0 aliphatic carbocycles. The predicted molar refractivity (Wildman–Crippen MR) is 47.4 cm³/mol. The SMILES string of the molecule is CC.COC(C)COC=S. The molecule has 3 heteroatoms. The second kappa shape index (κ2) is 11.6. The van der Waals surface area contributed by atoms with Crippen molar-refractivity contribution in [1.82, 2.24) is 0 Å². The minimum absolute atomic E-state index is 0.134. The maximum atomic E-state index is 4.86. The second-order valence-corrected chi connectivity index (χ2v) is 1.67. The van der Waals surface area contributed by atoms with E-state index in [9.17, 15) is 0 Å². The van der Waals surface area contributed by atoms with Crippen molar-refractivity contribution in [3.8, 4) is 0 Å². The highest BCUT2D eigenvalue weighted by molar-refractivity contribution is 7.78. The van der Waals surface area contributed by atoms with Gasteiger partial charge in [-0.05, 0) is 19.1 Å². The number of methoxy groups -OCH3 is 1. The van der Waals surface area contributed by atoms with Gasteiger partial charge < -0.3 is 9.47 Å². The molecule has 0 aliphatic heterocycles. The Bertz CT molecular complexity index is 66.6. The largest absolute Gasteiger partial charge is 0.487 e. The summed E-state index contributed by atoms with van der Waals surface area (Å²) in [6, 6.07) is 0. The van der Waals surface area contributed by atoms with Gasteiger partial charge in [-0.15, -0.1) is 0 Å². The predicted octanol–water partition coefficient (Wildman–Crippen LogP) is 2.02. The maximum absolute atomic E-state index is 4.86. The van der Waals surface area contributed by atoms with E-state index in [4.69, 9.17) is 9.47 Å². The zero-order valence-corrected chi connectivity index (χ0v) is 7.90. The molecule has 10 heavy (non-hydrogen) atoms. The van der Waals surface area contributed by atoms with E-state index in [1.807, 2.05) is 20.8 Å². The van der Waals surface area contributed by atoms with Crippen molar-refractivity contribution >= 4 is 17.8 Å². The normalized spacial score (nSPS) is 10.8. The van der Waals surface area contributed by atoms with E-state index < -0.39 is 0 Å². The van der Waals surface area contributed by atoms with Crippen molar-refractivity contribution < 1.29 is 9.47 Å². The molecule has 2 nitrogen and oxygen atoms in total. The van der Waals surface area contributed by atoms with Crippen molar-refractivity contribution in [1.29, 1.82) is 0 Å². The summed E-state index contributed by atoms with van der Waals surface area (Å²) in [4.78, 5) is 0. The number of hydrogen-bond donors (Lipinski definition) is 0. The lowest BCUT2D eigenvalue weighted by Crippen LogP contribution is -2.12. The van der Waals surface area contributed by atoms with Gasteiger partial charge in [0.15, 0.2) is 0 Å². The summed E-state index contributed by atoms with van der Waals surface area (Å²) in [5.41, 5.74) is 1.25. The monoisotopic (exact) mass is 164 g/mol. The molecule has 1 atom stereocenters. The minimum atomic E-state index is 0.134. The first-order chi connectivity index (χ1) is 4.81. The Kier molecular flexibility index (Phi) is 14.6. The standard InChI is InChI=1S/C5H10O2S.C2H6/c1-5(6-2)3-7-4-8;1-2/h4-5H,3H2,1-2H3;1-2H3. The zero-order valence-electron chi connectivity index (χ0n) is 7.09. The average Bonchev–Trinajstić information content (AvgIpc) is 2.04. The molecule has 0 heterocycles. The van der Waals surface area contributed by atoms with Gasteiger partial charge in [0.05, 0.1) is 6.10 Å². The van der Waals surface area contributed by atoms with E-state index in [1.165, 1.54) is 5.55 Å². The quantitative estimate of drug-likeness (QED) is 0.592. The van der Waals surface area contributed by atoms with E-state index >= 15 is 0 Å². The van der Waals surface area contributed by atoms with Crippen molar-refractivity contribution in [2.45, 2.75) is 26.9 Å². The number of hydrogen-bond acceptors (Lipinski definition) is 3. The van der Waals surface area contributed by atoms with Gasteiger partial charge in [-0.2, -0.15) is 0 Å². The van der Waals surface area contributed by atoms with E-state index in [2.05, 4.69) is 12.2 Å². The lowest BCUT2D eigenvalue weighted by molar-refractivity contribution is 0.0712. The molecule has 0 radical (unpaired) electrons. The molecular weight excluding hydrogens is 148 g/mol. The zero-order chi connectivity index (χ0) is 8.41. The van der Waals surface area contributed by atoms with Crippen LogP contribution in [0.25, 0.3) is 0 Å². The van der Waals surface area contributed by atoms with Crippen LogP contribution in [0.4, 0.5) is 0 Å². The second-order valence-electron chi connectivity index (χ2n) is 1.48. The van der Waals surface area contributed by atoms with Crippen LogP contribution in [0, 0.1) is 0 Å². The van der Waals surface area contributed by atoms with Gasteiger partial charge in [0.25, 0.3) is 0 Å². The van der Waals surface area contributed by atoms with Crippen LogP contribution in [0.1, 0.15) is 20.8 Å². The molecule has 0 N–H and O–H groups in total. The van der Waals surface area contributed by atoms with Crippen molar-refractivity contribution in [2.75, 3.05) is 13.7 Å². The third kappa shape index (κ3) is 10.8. The Morgan fingerprint density at radius 3 is 2.30 bits per heavy atom. The first-order valence-corrected chi connectivity index (χ1v) is 3.86. The smallest absolute Gasteiger partial charge is 0.146 e. The first-order valence-electron chi connectivity index (χ1n) is 3.39. The fraction of sp³-hybridized carbons (Fsp3) is 0.857. The Morgan fingerprint density at radius 1 is 1.50 bits per heavy atom. The molecule has 0 aromatic rings.